The van der Waals surface area contributed by atoms with Crippen LogP contribution in [0.5, 0.6) is 5.75 Å². The van der Waals surface area contributed by atoms with Crippen LogP contribution in [-0.4, -0.2) is 34.5 Å². The first-order chi connectivity index (χ1) is 16.1. The number of aromatic hydroxyl groups is 1. The molecule has 33 heavy (non-hydrogen) atoms. The molecule has 0 aliphatic rings. The summed E-state index contributed by atoms with van der Waals surface area (Å²) >= 11 is 0. The molecule has 0 spiro atoms. The molecule has 0 fully saturated rings. The second-order valence-electron chi connectivity index (χ2n) is 6.33. The third-order valence-electron chi connectivity index (χ3n) is 4.55. The van der Waals surface area contributed by atoms with E-state index in [1.165, 1.54) is 14.0 Å². The number of nitrogens with zero attached hydrogens (tertiary/aromatic N) is 2. The summed E-state index contributed by atoms with van der Waals surface area (Å²) in [6, 6.07) is 22.8. The minimum absolute atomic E-state index is 0.0415. The third-order valence-corrected chi connectivity index (χ3v) is 4.55. The molecule has 0 aliphatic carbocycles. The van der Waals surface area contributed by atoms with E-state index in [0.717, 1.165) is 16.8 Å². The lowest BCUT2D eigenvalue weighted by Crippen LogP contribution is -1.98. The molecule has 0 bridgehead atoms. The van der Waals surface area contributed by atoms with Crippen molar-refractivity contribution in [3.8, 4) is 33.7 Å². The number of phenolic OH excluding ortho intramolecular Hbond substituents is 1. The quantitative estimate of drug-likeness (QED) is 0.402. The van der Waals surface area contributed by atoms with Gasteiger partial charge >= 0.3 is 0 Å². The predicted molar refractivity (Wildman–Crippen MR) is 135 cm³/mol. The van der Waals surface area contributed by atoms with Crippen LogP contribution >= 0.6 is 0 Å². The Balaban J connectivity index is 0.000000841. The first-order valence-corrected chi connectivity index (χ1v) is 10.5. The Labute approximate surface area is 195 Å². The van der Waals surface area contributed by atoms with Crippen molar-refractivity contribution in [3.63, 3.8) is 0 Å². The van der Waals surface area contributed by atoms with Crippen LogP contribution in [0, 0.1) is 0 Å². The Kier molecular flexibility index (Phi) is 11.5. The van der Waals surface area contributed by atoms with Crippen LogP contribution in [-0.2, 0) is 4.79 Å². The number of carbonyl (C=O) groups excluding carboxylic acids is 2. The molecule has 1 heterocycles. The van der Waals surface area contributed by atoms with Crippen LogP contribution in [0.4, 0.5) is 0 Å². The largest absolute Gasteiger partial charge is 0.507 e. The zero-order chi connectivity index (χ0) is 24.8. The molecule has 0 radical (unpaired) electrons. The molecule has 4 aromatic rings. The van der Waals surface area contributed by atoms with E-state index in [1.807, 2.05) is 93.6 Å². The maximum Gasteiger partial charge on any atom is 0.160 e. The lowest BCUT2D eigenvalue weighted by atomic mass is 9.92. The molecule has 0 atom stereocenters. The Morgan fingerprint density at radius 3 is 2.09 bits per heavy atom. The standard InChI is InChI=1S/C23H18N2O2.C2H6.CH5N.CH2O/c1-16(26)20-10-8-18(17-6-3-2-4-7-17)14-22(20)21-11-9-19(15-23(21)27)25-13-5-12-24-25;3*1-2/h2-15,27H,1H3;1-2H3;2H2,1H3;1H2. The molecule has 172 valence electrons. The zero-order valence-corrected chi connectivity index (χ0v) is 19.5. The van der Waals surface area contributed by atoms with Gasteiger partial charge in [0.15, 0.2) is 5.78 Å². The number of benzene rings is 3. The lowest BCUT2D eigenvalue weighted by molar-refractivity contribution is -0.0980. The average Bonchev–Trinajstić information content (AvgIpc) is 3.43. The summed E-state index contributed by atoms with van der Waals surface area (Å²) in [6.45, 7) is 7.54. The summed E-state index contributed by atoms with van der Waals surface area (Å²) in [4.78, 5) is 20.2. The summed E-state index contributed by atoms with van der Waals surface area (Å²) in [5.41, 5.74) is 9.22. The normalized spacial score (nSPS) is 9.24. The predicted octanol–water partition coefficient (Wildman–Crippen LogP) is 5.53. The molecule has 4 rings (SSSR count). The van der Waals surface area contributed by atoms with Crippen molar-refractivity contribution >= 4 is 12.6 Å². The monoisotopic (exact) mass is 445 g/mol. The van der Waals surface area contributed by atoms with Gasteiger partial charge in [0.25, 0.3) is 0 Å². The topological polar surface area (TPSA) is 98.2 Å². The van der Waals surface area contributed by atoms with Crippen LogP contribution in [0.15, 0.2) is 85.2 Å². The molecular weight excluding hydrogens is 414 g/mol. The van der Waals surface area contributed by atoms with E-state index in [1.54, 1.807) is 16.9 Å². The second kappa shape index (κ2) is 14.1. The van der Waals surface area contributed by atoms with Crippen molar-refractivity contribution in [3.05, 3.63) is 90.8 Å². The minimum atomic E-state index is -0.0415. The van der Waals surface area contributed by atoms with Crippen molar-refractivity contribution in [1.82, 2.24) is 9.78 Å². The molecule has 0 saturated carbocycles. The van der Waals surface area contributed by atoms with Crippen LogP contribution in [0.3, 0.4) is 0 Å². The number of ketones is 1. The molecular formula is C27H31N3O3. The van der Waals surface area contributed by atoms with Crippen molar-refractivity contribution < 1.29 is 14.7 Å². The lowest BCUT2D eigenvalue weighted by Gasteiger charge is -2.13. The smallest absolute Gasteiger partial charge is 0.160 e. The number of phenols is 1. The fourth-order valence-electron chi connectivity index (χ4n) is 3.20. The van der Waals surface area contributed by atoms with Crippen molar-refractivity contribution in [1.29, 1.82) is 0 Å². The number of hydrogen-bond donors (Lipinski definition) is 2. The molecule has 1 aromatic heterocycles. The molecule has 0 amide bonds. The summed E-state index contributed by atoms with van der Waals surface area (Å²) in [5, 5.41) is 14.8. The van der Waals surface area contributed by atoms with Gasteiger partial charge in [-0.2, -0.15) is 5.10 Å². The Bertz CT molecular complexity index is 1120. The average molecular weight is 446 g/mol. The molecule has 3 N–H and O–H groups in total. The maximum atomic E-state index is 12.2. The first-order valence-electron chi connectivity index (χ1n) is 10.5. The van der Waals surface area contributed by atoms with Crippen molar-refractivity contribution in [2.24, 2.45) is 5.73 Å². The van der Waals surface area contributed by atoms with E-state index in [2.05, 4.69) is 10.8 Å². The summed E-state index contributed by atoms with van der Waals surface area (Å²) in [6.07, 6.45) is 3.49. The number of carbonyl (C=O) groups is 2. The molecule has 0 saturated heterocycles. The molecule has 3 aromatic carbocycles. The van der Waals surface area contributed by atoms with Gasteiger partial charge in [0.1, 0.15) is 12.5 Å². The highest BCUT2D eigenvalue weighted by molar-refractivity contribution is 6.02. The maximum absolute atomic E-state index is 12.2. The number of rotatable bonds is 4. The van der Waals surface area contributed by atoms with Crippen LogP contribution < -0.4 is 5.73 Å². The Morgan fingerprint density at radius 2 is 1.55 bits per heavy atom. The highest BCUT2D eigenvalue weighted by Crippen LogP contribution is 2.36. The summed E-state index contributed by atoms with van der Waals surface area (Å²) in [5.74, 6) is 0.0656. The van der Waals surface area contributed by atoms with Gasteiger partial charge in [-0.25, -0.2) is 4.68 Å². The van der Waals surface area contributed by atoms with E-state index in [4.69, 9.17) is 4.79 Å². The van der Waals surface area contributed by atoms with Crippen molar-refractivity contribution in [2.45, 2.75) is 20.8 Å². The fourth-order valence-corrected chi connectivity index (χ4v) is 3.20. The van der Waals surface area contributed by atoms with Gasteiger partial charge in [-0.3, -0.25) is 4.79 Å². The van der Waals surface area contributed by atoms with E-state index in [0.29, 0.717) is 16.7 Å². The number of Topliss-reactive ketones (excluding diaryl/α,β-unsaturated/α-hetero) is 1. The summed E-state index contributed by atoms with van der Waals surface area (Å²) in [7, 11) is 1.50. The van der Waals surface area contributed by atoms with Gasteiger partial charge in [0.05, 0.1) is 5.69 Å². The molecule has 6 nitrogen and oxygen atoms in total. The van der Waals surface area contributed by atoms with Gasteiger partial charge in [-0.15, -0.1) is 0 Å². The van der Waals surface area contributed by atoms with Crippen LogP contribution in [0.2, 0.25) is 0 Å². The Hall–Kier alpha value is -4.03. The molecule has 6 heteroatoms. The fraction of sp³-hybridized carbons (Fsp3) is 0.148. The zero-order valence-electron chi connectivity index (χ0n) is 19.5. The number of nitrogens with two attached hydrogens (primary N) is 1. The summed E-state index contributed by atoms with van der Waals surface area (Å²) < 4.78 is 1.68. The second-order valence-corrected chi connectivity index (χ2v) is 6.33. The van der Waals surface area contributed by atoms with Gasteiger partial charge in [0, 0.05) is 29.6 Å². The van der Waals surface area contributed by atoms with Gasteiger partial charge in [-0.1, -0.05) is 56.3 Å². The van der Waals surface area contributed by atoms with E-state index < -0.39 is 0 Å². The van der Waals surface area contributed by atoms with Crippen LogP contribution in [0.25, 0.3) is 27.9 Å². The van der Waals surface area contributed by atoms with E-state index >= 15 is 0 Å². The highest BCUT2D eigenvalue weighted by Gasteiger charge is 2.15. The SMILES string of the molecule is C=O.CC.CC(=O)c1ccc(-c2ccccc2)cc1-c1ccc(-n2cccn2)cc1O.CN. The van der Waals surface area contributed by atoms with Crippen molar-refractivity contribution in [2.75, 3.05) is 7.05 Å². The Morgan fingerprint density at radius 1 is 0.879 bits per heavy atom. The highest BCUT2D eigenvalue weighted by atomic mass is 16.3. The van der Waals surface area contributed by atoms with E-state index in [9.17, 15) is 9.90 Å². The van der Waals surface area contributed by atoms with Gasteiger partial charge < -0.3 is 15.6 Å². The minimum Gasteiger partial charge on any atom is -0.507 e. The number of hydrogen-bond acceptors (Lipinski definition) is 5. The van der Waals surface area contributed by atoms with E-state index in [-0.39, 0.29) is 11.5 Å². The van der Waals surface area contributed by atoms with Crippen LogP contribution in [0.1, 0.15) is 31.1 Å². The third kappa shape index (κ3) is 6.72. The van der Waals surface area contributed by atoms with Gasteiger partial charge in [-0.05, 0) is 54.9 Å². The van der Waals surface area contributed by atoms with Gasteiger partial charge in [0.2, 0.25) is 0 Å². The molecule has 0 unspecified atom stereocenters. The first kappa shape index (κ1) is 27.0. The number of aromatic nitrogens is 2. The molecule has 0 aliphatic heterocycles.